The molecule has 1 amide bonds. The fraction of sp³-hybridized carbons (Fsp3) is 0.824. The highest BCUT2D eigenvalue weighted by molar-refractivity contribution is 5.82. The smallest absolute Gasteiger partial charge is 0.228 e. The summed E-state index contributed by atoms with van der Waals surface area (Å²) >= 11 is 0. The minimum absolute atomic E-state index is 0.108. The lowest BCUT2D eigenvalue weighted by atomic mass is 9.92. The monoisotopic (exact) mass is 279 g/mol. The van der Waals surface area contributed by atoms with E-state index in [2.05, 4.69) is 41.2 Å². The van der Waals surface area contributed by atoms with Gasteiger partial charge in [0.05, 0.1) is 12.6 Å². The zero-order valence-corrected chi connectivity index (χ0v) is 13.6. The number of carbonyl (C=O) groups excluding carboxylic acids is 1. The molecule has 20 heavy (non-hydrogen) atoms. The predicted molar refractivity (Wildman–Crippen MR) is 81.1 cm³/mol. The first kappa shape index (κ1) is 15.6. The maximum Gasteiger partial charge on any atom is 0.228 e. The summed E-state index contributed by atoms with van der Waals surface area (Å²) in [5, 5.41) is 0. The summed E-state index contributed by atoms with van der Waals surface area (Å²) < 4.78 is 5.98. The van der Waals surface area contributed by atoms with E-state index < -0.39 is 0 Å². The molecule has 2 heterocycles. The molecule has 0 radical (unpaired) electrons. The Morgan fingerprint density at radius 1 is 1.45 bits per heavy atom. The molecule has 2 aliphatic rings. The number of hydrogen-bond acceptors (Lipinski definition) is 2. The highest BCUT2D eigenvalue weighted by atomic mass is 16.5. The van der Waals surface area contributed by atoms with Crippen molar-refractivity contribution in [1.29, 1.82) is 0 Å². The molecule has 0 bridgehead atoms. The zero-order chi connectivity index (χ0) is 15.1. The van der Waals surface area contributed by atoms with Crippen molar-refractivity contribution in [2.75, 3.05) is 6.61 Å². The van der Waals surface area contributed by atoms with Crippen LogP contribution in [0.3, 0.4) is 0 Å². The van der Waals surface area contributed by atoms with Crippen LogP contribution in [0.2, 0.25) is 0 Å². The zero-order valence-electron chi connectivity index (χ0n) is 13.6. The van der Waals surface area contributed by atoms with Crippen molar-refractivity contribution in [3.8, 4) is 0 Å². The molecule has 2 saturated heterocycles. The van der Waals surface area contributed by atoms with Crippen LogP contribution in [0, 0.1) is 17.8 Å². The van der Waals surface area contributed by atoms with E-state index in [0.717, 1.165) is 19.3 Å². The van der Waals surface area contributed by atoms with E-state index in [9.17, 15) is 4.79 Å². The van der Waals surface area contributed by atoms with Crippen molar-refractivity contribution in [3.05, 3.63) is 12.2 Å². The molecule has 2 aliphatic heterocycles. The number of hydrogen-bond donors (Lipinski definition) is 0. The molecule has 0 aromatic carbocycles. The summed E-state index contributed by atoms with van der Waals surface area (Å²) in [6, 6.07) is 0.241. The second-order valence-corrected chi connectivity index (χ2v) is 7.26. The minimum atomic E-state index is -0.365. The topological polar surface area (TPSA) is 29.5 Å². The summed E-state index contributed by atoms with van der Waals surface area (Å²) in [7, 11) is 0. The molecule has 0 N–H and O–H groups in total. The Balaban J connectivity index is 2.03. The van der Waals surface area contributed by atoms with Crippen molar-refractivity contribution in [2.24, 2.45) is 17.8 Å². The molecule has 3 atom stereocenters. The van der Waals surface area contributed by atoms with Crippen LogP contribution in [-0.2, 0) is 9.53 Å². The summed E-state index contributed by atoms with van der Waals surface area (Å²) in [5.74, 6) is 1.35. The molecular formula is C17H29NO2. The normalized spacial score (nSPS) is 33.4. The molecule has 2 fully saturated rings. The maximum atomic E-state index is 12.7. The van der Waals surface area contributed by atoms with Gasteiger partial charge < -0.3 is 9.64 Å². The first-order valence-electron chi connectivity index (χ1n) is 7.91. The maximum absolute atomic E-state index is 12.7. The molecular weight excluding hydrogens is 250 g/mol. The molecule has 0 aromatic heterocycles. The van der Waals surface area contributed by atoms with E-state index in [1.165, 1.54) is 5.57 Å². The third-order valence-corrected chi connectivity index (χ3v) is 5.02. The second kappa shape index (κ2) is 5.51. The third kappa shape index (κ3) is 2.65. The first-order chi connectivity index (χ1) is 9.26. The first-order valence-corrected chi connectivity index (χ1v) is 7.91. The molecule has 0 saturated carbocycles. The Labute approximate surface area is 123 Å². The van der Waals surface area contributed by atoms with Crippen LogP contribution >= 0.6 is 0 Å². The van der Waals surface area contributed by atoms with Crippen LogP contribution in [0.4, 0.5) is 0 Å². The predicted octanol–water partition coefficient (Wildman–Crippen LogP) is 3.60. The van der Waals surface area contributed by atoms with Crippen LogP contribution < -0.4 is 0 Å². The number of rotatable bonds is 5. The largest absolute Gasteiger partial charge is 0.354 e. The number of amides is 1. The van der Waals surface area contributed by atoms with E-state index in [4.69, 9.17) is 4.74 Å². The highest BCUT2D eigenvalue weighted by Crippen LogP contribution is 2.44. The van der Waals surface area contributed by atoms with Crippen LogP contribution in [0.5, 0.6) is 0 Å². The fourth-order valence-corrected chi connectivity index (χ4v) is 3.42. The van der Waals surface area contributed by atoms with Crippen LogP contribution in [0.25, 0.3) is 0 Å². The molecule has 0 aliphatic carbocycles. The highest BCUT2D eigenvalue weighted by Gasteiger charge is 2.55. The SMILES string of the molecule is C=C(CC[C@@H]1C[C@@]2(C)OC[C@H](C(C)C)N2C1=O)C(C)C. The average Bonchev–Trinajstić information content (AvgIpc) is 2.81. The average molecular weight is 279 g/mol. The molecule has 0 unspecified atom stereocenters. The van der Waals surface area contributed by atoms with Crippen LogP contribution in [-0.4, -0.2) is 29.2 Å². The molecule has 3 nitrogen and oxygen atoms in total. The van der Waals surface area contributed by atoms with Crippen molar-refractivity contribution in [3.63, 3.8) is 0 Å². The lowest BCUT2D eigenvalue weighted by Gasteiger charge is -2.31. The number of ether oxygens (including phenoxy) is 1. The van der Waals surface area contributed by atoms with E-state index >= 15 is 0 Å². The van der Waals surface area contributed by atoms with Crippen molar-refractivity contribution in [2.45, 2.75) is 65.6 Å². The van der Waals surface area contributed by atoms with Crippen LogP contribution in [0.1, 0.15) is 53.9 Å². The Kier molecular flexibility index (Phi) is 4.29. The number of nitrogens with zero attached hydrogens (tertiary/aromatic N) is 1. The van der Waals surface area contributed by atoms with Crippen molar-refractivity contribution >= 4 is 5.91 Å². The van der Waals surface area contributed by atoms with Gasteiger partial charge in [-0.2, -0.15) is 0 Å². The van der Waals surface area contributed by atoms with Gasteiger partial charge in [0.1, 0.15) is 5.72 Å². The Morgan fingerprint density at radius 2 is 2.10 bits per heavy atom. The lowest BCUT2D eigenvalue weighted by molar-refractivity contribution is -0.139. The minimum Gasteiger partial charge on any atom is -0.354 e. The summed E-state index contributed by atoms with van der Waals surface area (Å²) in [6.07, 6.45) is 2.70. The molecule has 3 heteroatoms. The molecule has 0 aromatic rings. The Morgan fingerprint density at radius 3 is 2.65 bits per heavy atom. The lowest BCUT2D eigenvalue weighted by Crippen LogP contribution is -2.45. The van der Waals surface area contributed by atoms with Gasteiger partial charge in [0, 0.05) is 12.3 Å². The van der Waals surface area contributed by atoms with Gasteiger partial charge in [-0.1, -0.05) is 39.8 Å². The van der Waals surface area contributed by atoms with Gasteiger partial charge in [-0.25, -0.2) is 0 Å². The number of carbonyl (C=O) groups is 1. The quantitative estimate of drug-likeness (QED) is 0.720. The van der Waals surface area contributed by atoms with Gasteiger partial charge in [-0.3, -0.25) is 4.79 Å². The van der Waals surface area contributed by atoms with Gasteiger partial charge in [0.15, 0.2) is 0 Å². The Bertz CT molecular complexity index is 402. The van der Waals surface area contributed by atoms with Crippen LogP contribution in [0.15, 0.2) is 12.2 Å². The summed E-state index contributed by atoms with van der Waals surface area (Å²) in [5.41, 5.74) is 0.881. The van der Waals surface area contributed by atoms with Gasteiger partial charge in [-0.05, 0) is 31.6 Å². The fourth-order valence-electron chi connectivity index (χ4n) is 3.42. The Hall–Kier alpha value is -0.830. The summed E-state index contributed by atoms with van der Waals surface area (Å²) in [4.78, 5) is 14.7. The third-order valence-electron chi connectivity index (χ3n) is 5.02. The molecule has 0 spiro atoms. The van der Waals surface area contributed by atoms with Crippen molar-refractivity contribution < 1.29 is 9.53 Å². The van der Waals surface area contributed by atoms with Gasteiger partial charge in [-0.15, -0.1) is 0 Å². The number of fused-ring (bicyclic) bond motifs is 1. The van der Waals surface area contributed by atoms with Gasteiger partial charge in [0.25, 0.3) is 0 Å². The molecule has 114 valence electrons. The van der Waals surface area contributed by atoms with E-state index in [-0.39, 0.29) is 17.7 Å². The van der Waals surface area contributed by atoms with Crippen molar-refractivity contribution in [1.82, 2.24) is 4.90 Å². The van der Waals surface area contributed by atoms with Gasteiger partial charge in [0.2, 0.25) is 5.91 Å². The van der Waals surface area contributed by atoms with Gasteiger partial charge >= 0.3 is 0 Å². The summed E-state index contributed by atoms with van der Waals surface area (Å²) in [6.45, 7) is 15.5. The van der Waals surface area contributed by atoms with E-state index in [0.29, 0.717) is 24.3 Å². The van der Waals surface area contributed by atoms with E-state index in [1.54, 1.807) is 0 Å². The number of allylic oxidation sites excluding steroid dienone is 1. The van der Waals surface area contributed by atoms with E-state index in [1.807, 2.05) is 4.90 Å². The standard InChI is InChI=1S/C17H29NO2/c1-11(2)13(5)7-8-14-9-17(6)18(16(14)19)15(10-20-17)12(3)4/h11-12,14-15H,5,7-10H2,1-4,6H3/t14-,15-,17-/m1/s1. The molecule has 2 rings (SSSR count). The second-order valence-electron chi connectivity index (χ2n) is 7.26.